The van der Waals surface area contributed by atoms with Crippen LogP contribution in [-0.2, 0) is 19.7 Å². The lowest BCUT2D eigenvalue weighted by atomic mass is 10.3. The molecule has 22 heavy (non-hydrogen) atoms. The van der Waals surface area contributed by atoms with E-state index >= 15 is 0 Å². The van der Waals surface area contributed by atoms with Crippen LogP contribution in [0.5, 0.6) is 0 Å². The zero-order valence-electron chi connectivity index (χ0n) is 12.5. The van der Waals surface area contributed by atoms with Crippen molar-refractivity contribution in [3.8, 4) is 0 Å². The van der Waals surface area contributed by atoms with Gasteiger partial charge in [-0.05, 0) is 31.3 Å². The summed E-state index contributed by atoms with van der Waals surface area (Å²) in [5, 5.41) is 8.64. The molecule has 0 fully saturated rings. The van der Waals surface area contributed by atoms with Gasteiger partial charge in [-0.25, -0.2) is 16.8 Å². The third-order valence-corrected chi connectivity index (χ3v) is 6.49. The number of nitrogen functional groups attached to an aromatic ring is 1. The maximum atomic E-state index is 12.1. The molecule has 0 heterocycles. The number of nitrogens with zero attached hydrogens (tertiary/aromatic N) is 1. The van der Waals surface area contributed by atoms with E-state index in [2.05, 4.69) is 0 Å². The molecule has 1 aromatic rings. The highest BCUT2D eigenvalue weighted by atomic mass is 32.2. The zero-order valence-corrected chi connectivity index (χ0v) is 14.1. The molecule has 0 saturated heterocycles. The smallest absolute Gasteiger partial charge is 0.179 e. The molecule has 1 rings (SSSR count). The molecule has 3 N–H and O–H groups in total. The molecule has 0 aliphatic rings. The maximum absolute atomic E-state index is 12.1. The molecular formula is C13H22N2O5S2. The van der Waals surface area contributed by atoms with Crippen molar-refractivity contribution < 1.29 is 21.9 Å². The second-order valence-corrected chi connectivity index (χ2v) is 9.48. The Morgan fingerprint density at radius 1 is 1.00 bits per heavy atom. The summed E-state index contributed by atoms with van der Waals surface area (Å²) in [5.74, 6) is -0.482. The van der Waals surface area contributed by atoms with Crippen molar-refractivity contribution in [1.29, 1.82) is 0 Å². The summed E-state index contributed by atoms with van der Waals surface area (Å²) in [6.07, 6.45) is 0. The second kappa shape index (κ2) is 7.91. The number of sulfone groups is 2. The number of benzene rings is 1. The van der Waals surface area contributed by atoms with Gasteiger partial charge in [0.05, 0.1) is 28.8 Å². The molecule has 0 aliphatic carbocycles. The summed E-state index contributed by atoms with van der Waals surface area (Å²) < 4.78 is 47.2. The van der Waals surface area contributed by atoms with Crippen LogP contribution >= 0.6 is 0 Å². The van der Waals surface area contributed by atoms with Crippen LogP contribution in [0, 0.1) is 0 Å². The zero-order chi connectivity index (χ0) is 16.8. The highest BCUT2D eigenvalue weighted by molar-refractivity contribution is 7.91. The predicted molar refractivity (Wildman–Crippen MR) is 86.1 cm³/mol. The molecule has 0 amide bonds. The minimum absolute atomic E-state index is 0.104. The summed E-state index contributed by atoms with van der Waals surface area (Å²) in [6.45, 7) is 0.0402. The van der Waals surface area contributed by atoms with Crippen LogP contribution in [0.1, 0.15) is 0 Å². The summed E-state index contributed by atoms with van der Waals surface area (Å²) >= 11 is 0. The van der Waals surface area contributed by atoms with Gasteiger partial charge in [-0.3, -0.25) is 0 Å². The summed E-state index contributed by atoms with van der Waals surface area (Å²) in [7, 11) is -5.06. The van der Waals surface area contributed by atoms with Crippen molar-refractivity contribution >= 4 is 25.4 Å². The Kier molecular flexibility index (Phi) is 6.79. The van der Waals surface area contributed by atoms with E-state index in [9.17, 15) is 16.8 Å². The topological polar surface area (TPSA) is 118 Å². The summed E-state index contributed by atoms with van der Waals surface area (Å²) in [6, 6.07) is 5.96. The van der Waals surface area contributed by atoms with Crippen LogP contribution in [0.3, 0.4) is 0 Å². The van der Waals surface area contributed by atoms with Crippen LogP contribution in [0.2, 0.25) is 0 Å². The normalized spacial score (nSPS) is 12.7. The van der Waals surface area contributed by atoms with Crippen LogP contribution in [0.4, 0.5) is 5.69 Å². The first kappa shape index (κ1) is 18.9. The van der Waals surface area contributed by atoms with Crippen molar-refractivity contribution in [3.05, 3.63) is 24.3 Å². The van der Waals surface area contributed by atoms with E-state index in [1.807, 2.05) is 0 Å². The van der Waals surface area contributed by atoms with Crippen LogP contribution in [-0.4, -0.2) is 70.8 Å². The molecule has 0 spiro atoms. The molecule has 1 aromatic carbocycles. The van der Waals surface area contributed by atoms with Crippen molar-refractivity contribution in [1.82, 2.24) is 4.90 Å². The van der Waals surface area contributed by atoms with Gasteiger partial charge in [-0.2, -0.15) is 0 Å². The number of aliphatic hydroxyl groups excluding tert-OH is 1. The Morgan fingerprint density at radius 3 is 2.09 bits per heavy atom. The Hall–Kier alpha value is -1.16. The molecule has 0 unspecified atom stereocenters. The predicted octanol–water partition coefficient (Wildman–Crippen LogP) is -0.619. The first-order chi connectivity index (χ1) is 10.2. The molecule has 0 saturated carbocycles. The average Bonchev–Trinajstić information content (AvgIpc) is 2.43. The first-order valence-electron chi connectivity index (χ1n) is 6.74. The van der Waals surface area contributed by atoms with Gasteiger partial charge in [-0.15, -0.1) is 0 Å². The fourth-order valence-electron chi connectivity index (χ4n) is 1.72. The lowest BCUT2D eigenvalue weighted by Gasteiger charge is -2.16. The van der Waals surface area contributed by atoms with Crippen molar-refractivity contribution in [2.75, 3.05) is 49.7 Å². The number of aliphatic hydroxyl groups is 1. The minimum Gasteiger partial charge on any atom is -0.399 e. The third kappa shape index (κ3) is 6.30. The van der Waals surface area contributed by atoms with Crippen molar-refractivity contribution in [2.45, 2.75) is 4.90 Å². The number of rotatable bonds is 9. The molecule has 9 heteroatoms. The molecule has 0 bridgehead atoms. The highest BCUT2D eigenvalue weighted by Crippen LogP contribution is 2.13. The Morgan fingerprint density at radius 2 is 1.55 bits per heavy atom. The minimum atomic E-state index is -3.42. The highest BCUT2D eigenvalue weighted by Gasteiger charge is 2.16. The van der Waals surface area contributed by atoms with Gasteiger partial charge in [0.25, 0.3) is 0 Å². The molecular weight excluding hydrogens is 328 g/mol. The van der Waals surface area contributed by atoms with Gasteiger partial charge < -0.3 is 15.7 Å². The quantitative estimate of drug-likeness (QED) is 0.570. The largest absolute Gasteiger partial charge is 0.399 e. The van der Waals surface area contributed by atoms with Gasteiger partial charge in [0, 0.05) is 18.8 Å². The monoisotopic (exact) mass is 350 g/mol. The van der Waals surface area contributed by atoms with Crippen LogP contribution in [0.15, 0.2) is 29.2 Å². The molecule has 0 aromatic heterocycles. The SMILES string of the molecule is CN(CCS(=O)(=O)CCO)CCS(=O)(=O)c1ccc(N)cc1. The van der Waals surface area contributed by atoms with E-state index in [1.54, 1.807) is 11.9 Å². The average molecular weight is 350 g/mol. The van der Waals surface area contributed by atoms with E-state index < -0.39 is 26.3 Å². The Balaban J connectivity index is 2.53. The van der Waals surface area contributed by atoms with Gasteiger partial charge in [0.1, 0.15) is 0 Å². The van der Waals surface area contributed by atoms with Gasteiger partial charge in [0.15, 0.2) is 19.7 Å². The van der Waals surface area contributed by atoms with Gasteiger partial charge >= 0.3 is 0 Å². The molecule has 0 aliphatic heterocycles. The molecule has 0 radical (unpaired) electrons. The standard InChI is InChI=1S/C13H22N2O5S2/c1-15(6-9-21(17,18)11-8-16)7-10-22(19,20)13-4-2-12(14)3-5-13/h2-5,16H,6-11,14H2,1H3. The lowest BCUT2D eigenvalue weighted by Crippen LogP contribution is -2.31. The third-order valence-electron chi connectivity index (χ3n) is 3.17. The van der Waals surface area contributed by atoms with Crippen LogP contribution in [0.25, 0.3) is 0 Å². The van der Waals surface area contributed by atoms with E-state index in [-0.39, 0.29) is 35.2 Å². The van der Waals surface area contributed by atoms with Crippen LogP contribution < -0.4 is 5.73 Å². The summed E-state index contributed by atoms with van der Waals surface area (Å²) in [5.41, 5.74) is 6.01. The summed E-state index contributed by atoms with van der Waals surface area (Å²) in [4.78, 5) is 1.84. The van der Waals surface area contributed by atoms with E-state index in [0.717, 1.165) is 0 Å². The lowest BCUT2D eigenvalue weighted by molar-refractivity contribution is 0.319. The Bertz CT molecular complexity index is 669. The number of hydrogen-bond donors (Lipinski definition) is 2. The second-order valence-electron chi connectivity index (χ2n) is 5.07. The molecule has 7 nitrogen and oxygen atoms in total. The van der Waals surface area contributed by atoms with Gasteiger partial charge in [0.2, 0.25) is 0 Å². The van der Waals surface area contributed by atoms with E-state index in [4.69, 9.17) is 10.8 Å². The maximum Gasteiger partial charge on any atom is 0.179 e. The fraction of sp³-hybridized carbons (Fsp3) is 0.538. The van der Waals surface area contributed by atoms with Gasteiger partial charge in [-0.1, -0.05) is 0 Å². The number of hydrogen-bond acceptors (Lipinski definition) is 7. The number of anilines is 1. The first-order valence-corrected chi connectivity index (χ1v) is 10.2. The number of nitrogens with two attached hydrogens (primary N) is 1. The van der Waals surface area contributed by atoms with Crippen molar-refractivity contribution in [3.63, 3.8) is 0 Å². The Labute approximate surface area is 131 Å². The molecule has 0 atom stereocenters. The fourth-order valence-corrected chi connectivity index (χ4v) is 4.13. The van der Waals surface area contributed by atoms with E-state index in [1.165, 1.54) is 24.3 Å². The van der Waals surface area contributed by atoms with E-state index in [0.29, 0.717) is 5.69 Å². The van der Waals surface area contributed by atoms with Crippen molar-refractivity contribution in [2.24, 2.45) is 0 Å². The molecule has 126 valence electrons.